The molecule has 0 aromatic heterocycles. The third kappa shape index (κ3) is 8.17. The Kier molecular flexibility index (Phi) is 10.4. The third-order valence-corrected chi connectivity index (χ3v) is 6.69. The van der Waals surface area contributed by atoms with E-state index >= 15 is 0 Å². The van der Waals surface area contributed by atoms with Crippen molar-refractivity contribution in [3.8, 4) is 11.5 Å². The molecular formula is C25H35N3O6S. The fourth-order valence-corrected chi connectivity index (χ4v) is 4.26. The van der Waals surface area contributed by atoms with Crippen LogP contribution in [0.5, 0.6) is 11.5 Å². The van der Waals surface area contributed by atoms with Crippen LogP contribution in [0.2, 0.25) is 0 Å². The van der Waals surface area contributed by atoms with Gasteiger partial charge in [0.05, 0.1) is 26.2 Å². The van der Waals surface area contributed by atoms with Gasteiger partial charge in [-0.2, -0.15) is 0 Å². The number of carbonyl (C=O) groups excluding carboxylic acids is 2. The fraction of sp³-hybridized carbons (Fsp3) is 0.440. The van der Waals surface area contributed by atoms with E-state index in [1.165, 1.54) is 12.0 Å². The predicted molar refractivity (Wildman–Crippen MR) is 136 cm³/mol. The van der Waals surface area contributed by atoms with E-state index in [9.17, 15) is 18.0 Å². The zero-order chi connectivity index (χ0) is 26.0. The van der Waals surface area contributed by atoms with Gasteiger partial charge in [0.25, 0.3) is 0 Å². The molecule has 10 heteroatoms. The molecule has 1 N–H and O–H groups in total. The molecule has 0 aliphatic rings. The zero-order valence-corrected chi connectivity index (χ0v) is 21.8. The van der Waals surface area contributed by atoms with Crippen LogP contribution < -0.4 is 19.1 Å². The van der Waals surface area contributed by atoms with E-state index in [2.05, 4.69) is 5.32 Å². The molecule has 0 saturated carbocycles. The molecule has 0 heterocycles. The first-order chi connectivity index (χ1) is 16.6. The average molecular weight is 506 g/mol. The Hall–Kier alpha value is -3.27. The van der Waals surface area contributed by atoms with Gasteiger partial charge < -0.3 is 19.7 Å². The summed E-state index contributed by atoms with van der Waals surface area (Å²) in [5.41, 5.74) is 1.11. The summed E-state index contributed by atoms with van der Waals surface area (Å²) in [6.07, 6.45) is 2.79. The number of hydrogen-bond donors (Lipinski definition) is 1. The maximum absolute atomic E-state index is 13.5. The van der Waals surface area contributed by atoms with Gasteiger partial charge in [0, 0.05) is 13.1 Å². The molecule has 0 spiro atoms. The van der Waals surface area contributed by atoms with E-state index < -0.39 is 28.5 Å². The van der Waals surface area contributed by atoms with Gasteiger partial charge in [0.2, 0.25) is 21.8 Å². The van der Waals surface area contributed by atoms with Crippen molar-refractivity contribution in [2.45, 2.75) is 39.3 Å². The number of ether oxygens (including phenoxy) is 2. The molecule has 1 atom stereocenters. The van der Waals surface area contributed by atoms with Gasteiger partial charge in [-0.05, 0) is 55.3 Å². The summed E-state index contributed by atoms with van der Waals surface area (Å²) >= 11 is 0. The molecule has 0 aliphatic carbocycles. The predicted octanol–water partition coefficient (Wildman–Crippen LogP) is 2.80. The second-order valence-corrected chi connectivity index (χ2v) is 10.1. The van der Waals surface area contributed by atoms with Crippen LogP contribution >= 0.6 is 0 Å². The monoisotopic (exact) mass is 505 g/mol. The standard InChI is InChI=1S/C25H35N3O6S/c1-6-7-16-26-25(30)19(2)27(17-20-8-12-22(33-3)13-9-20)24(29)18-28(35(5,31)32)21-10-14-23(34-4)15-11-21/h8-15,19H,6-7,16-18H2,1-5H3,(H,26,30)/t19-/m1/s1. The normalized spacial score (nSPS) is 11.9. The maximum Gasteiger partial charge on any atom is 0.244 e. The Labute approximate surface area is 208 Å². The second kappa shape index (κ2) is 13.0. The number of carbonyl (C=O) groups is 2. The fourth-order valence-electron chi connectivity index (χ4n) is 3.41. The Balaban J connectivity index is 2.33. The lowest BCUT2D eigenvalue weighted by atomic mass is 10.1. The van der Waals surface area contributed by atoms with Crippen LogP contribution in [-0.4, -0.2) is 64.7 Å². The first-order valence-corrected chi connectivity index (χ1v) is 13.3. The molecule has 0 saturated heterocycles. The van der Waals surface area contributed by atoms with E-state index in [-0.39, 0.29) is 12.5 Å². The first-order valence-electron chi connectivity index (χ1n) is 11.4. The van der Waals surface area contributed by atoms with E-state index in [0.717, 1.165) is 29.0 Å². The summed E-state index contributed by atoms with van der Waals surface area (Å²) in [7, 11) is -0.711. The van der Waals surface area contributed by atoms with Crippen molar-refractivity contribution in [1.82, 2.24) is 10.2 Å². The highest BCUT2D eigenvalue weighted by Crippen LogP contribution is 2.22. The second-order valence-electron chi connectivity index (χ2n) is 8.16. The summed E-state index contributed by atoms with van der Waals surface area (Å²) in [5, 5.41) is 2.85. The van der Waals surface area contributed by atoms with Gasteiger partial charge in [0.1, 0.15) is 24.1 Å². The van der Waals surface area contributed by atoms with Gasteiger partial charge in [-0.15, -0.1) is 0 Å². The van der Waals surface area contributed by atoms with Crippen molar-refractivity contribution in [2.24, 2.45) is 0 Å². The molecule has 2 rings (SSSR count). The number of rotatable bonds is 13. The topological polar surface area (TPSA) is 105 Å². The van der Waals surface area contributed by atoms with Gasteiger partial charge in [-0.3, -0.25) is 13.9 Å². The Morgan fingerprint density at radius 2 is 1.51 bits per heavy atom. The van der Waals surface area contributed by atoms with Crippen molar-refractivity contribution in [1.29, 1.82) is 0 Å². The highest BCUT2D eigenvalue weighted by atomic mass is 32.2. The van der Waals surface area contributed by atoms with Crippen LogP contribution in [0, 0.1) is 0 Å². The molecule has 0 bridgehead atoms. The number of unbranched alkanes of at least 4 members (excludes halogenated alkanes) is 1. The Morgan fingerprint density at radius 1 is 0.971 bits per heavy atom. The number of nitrogens with one attached hydrogen (secondary N) is 1. The number of amides is 2. The summed E-state index contributed by atoms with van der Waals surface area (Å²) in [5.74, 6) is 0.433. The lowest BCUT2D eigenvalue weighted by Crippen LogP contribution is -2.51. The molecule has 2 aromatic carbocycles. The molecule has 0 radical (unpaired) electrons. The van der Waals surface area contributed by atoms with Crippen LogP contribution in [0.25, 0.3) is 0 Å². The smallest absolute Gasteiger partial charge is 0.244 e. The van der Waals surface area contributed by atoms with Crippen LogP contribution in [0.15, 0.2) is 48.5 Å². The first kappa shape index (κ1) is 28.0. The summed E-state index contributed by atoms with van der Waals surface area (Å²) in [6.45, 7) is 3.85. The average Bonchev–Trinajstić information content (AvgIpc) is 2.85. The molecule has 0 aliphatic heterocycles. The van der Waals surface area contributed by atoms with Crippen LogP contribution in [0.4, 0.5) is 5.69 Å². The minimum atomic E-state index is -3.78. The van der Waals surface area contributed by atoms with Crippen LogP contribution in [0.3, 0.4) is 0 Å². The SMILES string of the molecule is CCCCNC(=O)[C@@H](C)N(Cc1ccc(OC)cc1)C(=O)CN(c1ccc(OC)cc1)S(C)(=O)=O. The van der Waals surface area contributed by atoms with Crippen LogP contribution in [0.1, 0.15) is 32.3 Å². The van der Waals surface area contributed by atoms with Crippen molar-refractivity contribution in [2.75, 3.05) is 37.9 Å². The quantitative estimate of drug-likeness (QED) is 0.420. The number of anilines is 1. The zero-order valence-electron chi connectivity index (χ0n) is 21.0. The highest BCUT2D eigenvalue weighted by molar-refractivity contribution is 7.92. The molecule has 2 aromatic rings. The van der Waals surface area contributed by atoms with Gasteiger partial charge >= 0.3 is 0 Å². The number of hydrogen-bond acceptors (Lipinski definition) is 6. The van der Waals surface area contributed by atoms with Crippen molar-refractivity contribution in [3.63, 3.8) is 0 Å². The minimum absolute atomic E-state index is 0.130. The summed E-state index contributed by atoms with van der Waals surface area (Å²) < 4.78 is 36.5. The third-order valence-electron chi connectivity index (χ3n) is 5.55. The lowest BCUT2D eigenvalue weighted by Gasteiger charge is -2.31. The molecule has 35 heavy (non-hydrogen) atoms. The minimum Gasteiger partial charge on any atom is -0.497 e. The highest BCUT2D eigenvalue weighted by Gasteiger charge is 2.30. The Morgan fingerprint density at radius 3 is 2.00 bits per heavy atom. The van der Waals surface area contributed by atoms with E-state index in [0.29, 0.717) is 23.7 Å². The molecular weight excluding hydrogens is 470 g/mol. The largest absolute Gasteiger partial charge is 0.497 e. The van der Waals surface area contributed by atoms with Crippen LogP contribution in [-0.2, 0) is 26.2 Å². The molecule has 0 unspecified atom stereocenters. The van der Waals surface area contributed by atoms with Crippen molar-refractivity contribution < 1.29 is 27.5 Å². The summed E-state index contributed by atoms with van der Waals surface area (Å²) in [6, 6.07) is 12.7. The Bertz CT molecular complexity index is 1070. The van der Waals surface area contributed by atoms with Crippen molar-refractivity contribution >= 4 is 27.5 Å². The lowest BCUT2D eigenvalue weighted by molar-refractivity contribution is -0.139. The number of methoxy groups -OCH3 is 2. The maximum atomic E-state index is 13.5. The molecule has 2 amide bonds. The van der Waals surface area contributed by atoms with Gasteiger partial charge in [-0.1, -0.05) is 25.5 Å². The van der Waals surface area contributed by atoms with E-state index in [4.69, 9.17) is 9.47 Å². The molecule has 0 fully saturated rings. The van der Waals surface area contributed by atoms with E-state index in [1.807, 2.05) is 6.92 Å². The number of nitrogens with zero attached hydrogens (tertiary/aromatic N) is 2. The summed E-state index contributed by atoms with van der Waals surface area (Å²) in [4.78, 5) is 27.7. The van der Waals surface area contributed by atoms with E-state index in [1.54, 1.807) is 62.6 Å². The molecule has 9 nitrogen and oxygen atoms in total. The van der Waals surface area contributed by atoms with Crippen molar-refractivity contribution in [3.05, 3.63) is 54.1 Å². The number of benzene rings is 2. The number of sulfonamides is 1. The molecule has 192 valence electrons. The van der Waals surface area contributed by atoms with Gasteiger partial charge in [-0.25, -0.2) is 8.42 Å². The van der Waals surface area contributed by atoms with Gasteiger partial charge in [0.15, 0.2) is 0 Å².